The Kier molecular flexibility index (Phi) is 11.4. The van der Waals surface area contributed by atoms with Crippen molar-refractivity contribution in [1.82, 2.24) is 10.2 Å². The van der Waals surface area contributed by atoms with Gasteiger partial charge in [0.1, 0.15) is 5.82 Å². The molecule has 0 radical (unpaired) electrons. The maximum absolute atomic E-state index is 13.3. The lowest BCUT2D eigenvalue weighted by atomic mass is 9.96. The minimum absolute atomic E-state index is 0.0374. The molecule has 1 saturated heterocycles. The Morgan fingerprint density at radius 2 is 2.00 bits per heavy atom. The number of amides is 1. The standard InChI is InChI=1S/C19H25FN2O3.C2HF3O2/c1-25-18(23)9-2-3-10-21-19(24)16-7-5-11-22(14-16)13-15-6-4-8-17(20)12-15;3-2(4,5)1(6)7/h2,4,6,8-9,12,16H,3,5,7,10-11,13-14H2,1H3,(H,21,24);(H,6,7)/b9-2+;. The molecule has 1 atom stereocenters. The largest absolute Gasteiger partial charge is 0.490 e. The summed E-state index contributed by atoms with van der Waals surface area (Å²) >= 11 is 0. The summed E-state index contributed by atoms with van der Waals surface area (Å²) in [6.45, 7) is 2.75. The van der Waals surface area contributed by atoms with Crippen molar-refractivity contribution >= 4 is 17.8 Å². The van der Waals surface area contributed by atoms with Crippen LogP contribution >= 0.6 is 0 Å². The number of hydrogen-bond acceptors (Lipinski definition) is 5. The summed E-state index contributed by atoms with van der Waals surface area (Å²) in [6.07, 6.45) is 0.358. The summed E-state index contributed by atoms with van der Waals surface area (Å²) in [5, 5.41) is 10.0. The van der Waals surface area contributed by atoms with E-state index in [1.807, 2.05) is 6.07 Å². The maximum Gasteiger partial charge on any atom is 0.490 e. The number of methoxy groups -OCH3 is 1. The molecule has 1 unspecified atom stereocenters. The number of nitrogens with zero attached hydrogens (tertiary/aromatic N) is 1. The smallest absolute Gasteiger partial charge is 0.475 e. The van der Waals surface area contributed by atoms with Gasteiger partial charge in [-0.1, -0.05) is 18.2 Å². The predicted octanol–water partition coefficient (Wildman–Crippen LogP) is 2.91. The normalized spacial score (nSPS) is 16.7. The van der Waals surface area contributed by atoms with Crippen LogP contribution in [0.4, 0.5) is 17.6 Å². The molecule has 0 spiro atoms. The Morgan fingerprint density at radius 1 is 1.31 bits per heavy atom. The Bertz CT molecular complexity index is 799. The van der Waals surface area contributed by atoms with Gasteiger partial charge in [-0.25, -0.2) is 14.0 Å². The highest BCUT2D eigenvalue weighted by Crippen LogP contribution is 2.19. The third kappa shape index (κ3) is 10.9. The first-order valence-corrected chi connectivity index (χ1v) is 9.82. The number of ether oxygens (including phenoxy) is 1. The van der Waals surface area contributed by atoms with Gasteiger partial charge < -0.3 is 15.2 Å². The third-order valence-corrected chi connectivity index (χ3v) is 4.48. The van der Waals surface area contributed by atoms with Gasteiger partial charge in [0.05, 0.1) is 13.0 Å². The lowest BCUT2D eigenvalue weighted by Gasteiger charge is -2.32. The number of halogens is 4. The first-order valence-electron chi connectivity index (χ1n) is 9.82. The van der Waals surface area contributed by atoms with Crippen molar-refractivity contribution in [2.24, 2.45) is 5.92 Å². The molecule has 2 rings (SSSR count). The van der Waals surface area contributed by atoms with Crippen molar-refractivity contribution in [2.45, 2.75) is 32.0 Å². The number of hydrogen-bond donors (Lipinski definition) is 2. The molecule has 1 aromatic rings. The lowest BCUT2D eigenvalue weighted by molar-refractivity contribution is -0.192. The Morgan fingerprint density at radius 3 is 2.59 bits per heavy atom. The molecular formula is C21H26F4N2O5. The number of carboxylic acids is 1. The van der Waals surface area contributed by atoms with Gasteiger partial charge in [0.25, 0.3) is 0 Å². The van der Waals surface area contributed by atoms with Crippen molar-refractivity contribution < 1.29 is 41.8 Å². The zero-order valence-electron chi connectivity index (χ0n) is 17.5. The van der Waals surface area contributed by atoms with Crippen LogP contribution in [0.25, 0.3) is 0 Å². The highest BCUT2D eigenvalue weighted by Gasteiger charge is 2.38. The van der Waals surface area contributed by atoms with E-state index in [0.29, 0.717) is 26.1 Å². The van der Waals surface area contributed by atoms with Crippen molar-refractivity contribution in [3.05, 3.63) is 47.8 Å². The average Bonchev–Trinajstić information content (AvgIpc) is 2.73. The number of carbonyl (C=O) groups excluding carboxylic acids is 2. The molecule has 2 N–H and O–H groups in total. The van der Waals surface area contributed by atoms with Gasteiger partial charge in [0, 0.05) is 25.7 Å². The van der Waals surface area contributed by atoms with Gasteiger partial charge >= 0.3 is 18.1 Å². The van der Waals surface area contributed by atoms with E-state index in [9.17, 15) is 27.2 Å². The monoisotopic (exact) mass is 462 g/mol. The van der Waals surface area contributed by atoms with Gasteiger partial charge in [-0.3, -0.25) is 9.69 Å². The molecular weight excluding hydrogens is 436 g/mol. The van der Waals surface area contributed by atoms with Crippen LogP contribution in [-0.4, -0.2) is 60.8 Å². The highest BCUT2D eigenvalue weighted by molar-refractivity contribution is 5.81. The minimum atomic E-state index is -5.08. The summed E-state index contributed by atoms with van der Waals surface area (Å²) in [7, 11) is 1.33. The topological polar surface area (TPSA) is 95.9 Å². The van der Waals surface area contributed by atoms with Gasteiger partial charge in [-0.15, -0.1) is 0 Å². The van der Waals surface area contributed by atoms with Crippen LogP contribution in [0.15, 0.2) is 36.4 Å². The van der Waals surface area contributed by atoms with Crippen molar-refractivity contribution in [3.63, 3.8) is 0 Å². The van der Waals surface area contributed by atoms with Crippen molar-refractivity contribution in [3.8, 4) is 0 Å². The molecule has 32 heavy (non-hydrogen) atoms. The van der Waals surface area contributed by atoms with Crippen LogP contribution in [0.5, 0.6) is 0 Å². The zero-order chi connectivity index (χ0) is 24.1. The molecule has 1 aliphatic rings. The fourth-order valence-electron chi connectivity index (χ4n) is 2.98. The Labute approximate surface area is 183 Å². The summed E-state index contributed by atoms with van der Waals surface area (Å²) in [5.41, 5.74) is 0.925. The first-order chi connectivity index (χ1) is 15.0. The van der Waals surface area contributed by atoms with Crippen LogP contribution in [0.1, 0.15) is 24.8 Å². The van der Waals surface area contributed by atoms with E-state index in [1.165, 1.54) is 25.3 Å². The summed E-state index contributed by atoms with van der Waals surface area (Å²) in [6, 6.07) is 6.59. The molecule has 0 saturated carbocycles. The molecule has 1 aliphatic heterocycles. The highest BCUT2D eigenvalue weighted by atomic mass is 19.4. The summed E-state index contributed by atoms with van der Waals surface area (Å²) < 4.78 is 49.5. The van der Waals surface area contributed by atoms with Gasteiger partial charge in [0.15, 0.2) is 0 Å². The number of nitrogens with one attached hydrogen (secondary N) is 1. The maximum atomic E-state index is 13.3. The number of esters is 1. The van der Waals surface area contributed by atoms with E-state index >= 15 is 0 Å². The van der Waals surface area contributed by atoms with Crippen LogP contribution in [0.2, 0.25) is 0 Å². The Balaban J connectivity index is 0.000000633. The minimum Gasteiger partial charge on any atom is -0.475 e. The number of carboxylic acid groups (broad SMARTS) is 1. The number of likely N-dealkylation sites (tertiary alicyclic amines) is 1. The lowest BCUT2D eigenvalue weighted by Crippen LogP contribution is -2.42. The van der Waals surface area contributed by atoms with E-state index in [1.54, 1.807) is 12.1 Å². The van der Waals surface area contributed by atoms with E-state index in [2.05, 4.69) is 15.0 Å². The molecule has 0 aliphatic carbocycles. The second kappa shape index (κ2) is 13.5. The summed E-state index contributed by atoms with van der Waals surface area (Å²) in [5.74, 6) is -3.40. The predicted molar refractivity (Wildman–Crippen MR) is 107 cm³/mol. The average molecular weight is 462 g/mol. The second-order valence-electron chi connectivity index (χ2n) is 7.01. The van der Waals surface area contributed by atoms with Gasteiger partial charge in [-0.2, -0.15) is 13.2 Å². The molecule has 1 fully saturated rings. The van der Waals surface area contributed by atoms with Crippen LogP contribution in [0.3, 0.4) is 0 Å². The third-order valence-electron chi connectivity index (χ3n) is 4.48. The Hall–Kier alpha value is -2.95. The number of rotatable bonds is 7. The molecule has 11 heteroatoms. The molecule has 178 valence electrons. The molecule has 0 bridgehead atoms. The van der Waals surface area contributed by atoms with E-state index in [-0.39, 0.29) is 17.6 Å². The first kappa shape index (κ1) is 27.1. The number of alkyl halides is 3. The molecule has 7 nitrogen and oxygen atoms in total. The number of benzene rings is 1. The zero-order valence-corrected chi connectivity index (χ0v) is 17.5. The van der Waals surface area contributed by atoms with E-state index < -0.39 is 18.1 Å². The molecule has 1 aromatic carbocycles. The van der Waals surface area contributed by atoms with Crippen molar-refractivity contribution in [1.29, 1.82) is 0 Å². The summed E-state index contributed by atoms with van der Waals surface area (Å²) in [4.78, 5) is 34.3. The fraction of sp³-hybridized carbons (Fsp3) is 0.476. The number of piperidine rings is 1. The van der Waals surface area contributed by atoms with E-state index in [0.717, 1.165) is 24.9 Å². The van der Waals surface area contributed by atoms with Crippen molar-refractivity contribution in [2.75, 3.05) is 26.7 Å². The quantitative estimate of drug-likeness (QED) is 0.280. The van der Waals surface area contributed by atoms with E-state index in [4.69, 9.17) is 9.90 Å². The second-order valence-corrected chi connectivity index (χ2v) is 7.01. The van der Waals surface area contributed by atoms with Crippen LogP contribution in [-0.2, 0) is 25.7 Å². The number of carbonyl (C=O) groups is 3. The van der Waals surface area contributed by atoms with Gasteiger partial charge in [-0.05, 0) is 43.5 Å². The molecule has 1 amide bonds. The fourth-order valence-corrected chi connectivity index (χ4v) is 2.98. The SMILES string of the molecule is COC(=O)/C=C/CCNC(=O)C1CCCN(Cc2cccc(F)c2)C1.O=C(O)C(F)(F)F. The molecule has 0 aromatic heterocycles. The van der Waals surface area contributed by atoms with Crippen LogP contribution in [0, 0.1) is 11.7 Å². The number of aliphatic carboxylic acids is 1. The van der Waals surface area contributed by atoms with Crippen LogP contribution < -0.4 is 5.32 Å². The van der Waals surface area contributed by atoms with Gasteiger partial charge in [0.2, 0.25) is 5.91 Å². The molecule has 1 heterocycles.